The molecular formula is C28H31BrN2O3. The van der Waals surface area contributed by atoms with Crippen molar-refractivity contribution in [2.75, 3.05) is 6.61 Å². The summed E-state index contributed by atoms with van der Waals surface area (Å²) in [5.74, 6) is 0.191. The number of aryl methyl sites for hydroxylation is 1. The van der Waals surface area contributed by atoms with Crippen molar-refractivity contribution in [2.45, 2.75) is 45.8 Å². The van der Waals surface area contributed by atoms with Gasteiger partial charge in [-0.2, -0.15) is 0 Å². The van der Waals surface area contributed by atoms with Gasteiger partial charge in [0.25, 0.3) is 5.91 Å². The van der Waals surface area contributed by atoms with E-state index in [1.54, 1.807) is 4.90 Å². The van der Waals surface area contributed by atoms with E-state index in [4.69, 9.17) is 4.74 Å². The minimum atomic E-state index is -0.678. The van der Waals surface area contributed by atoms with Crippen LogP contribution < -0.4 is 10.1 Å². The van der Waals surface area contributed by atoms with Gasteiger partial charge in [0.15, 0.2) is 6.61 Å². The Hall–Kier alpha value is -3.12. The first-order chi connectivity index (χ1) is 16.3. The van der Waals surface area contributed by atoms with Gasteiger partial charge in [0.05, 0.1) is 0 Å². The Morgan fingerprint density at radius 3 is 2.18 bits per heavy atom. The van der Waals surface area contributed by atoms with Gasteiger partial charge in [0.2, 0.25) is 5.91 Å². The smallest absolute Gasteiger partial charge is 0.261 e. The van der Waals surface area contributed by atoms with Gasteiger partial charge in [-0.3, -0.25) is 9.59 Å². The van der Waals surface area contributed by atoms with Gasteiger partial charge in [0, 0.05) is 23.5 Å². The Bertz CT molecular complexity index is 1070. The molecule has 34 heavy (non-hydrogen) atoms. The maximum Gasteiger partial charge on any atom is 0.261 e. The van der Waals surface area contributed by atoms with E-state index in [1.165, 1.54) is 0 Å². The summed E-state index contributed by atoms with van der Waals surface area (Å²) in [6.45, 7) is 5.97. The van der Waals surface area contributed by atoms with Crippen LogP contribution in [0.25, 0.3) is 0 Å². The standard InChI is InChI=1S/C28H31BrN2O3/c1-20(2)30-28(33)26(17-22-7-5-4-6-8-22)31(18-23-11-13-24(29)14-12-23)27(32)19-34-25-15-9-21(3)10-16-25/h4-16,20,26H,17-19H2,1-3H3,(H,30,33). The molecule has 0 saturated carbocycles. The zero-order valence-electron chi connectivity index (χ0n) is 19.8. The van der Waals surface area contributed by atoms with E-state index in [2.05, 4.69) is 21.2 Å². The van der Waals surface area contributed by atoms with Crippen molar-refractivity contribution in [2.24, 2.45) is 0 Å². The largest absolute Gasteiger partial charge is 0.484 e. The van der Waals surface area contributed by atoms with Gasteiger partial charge < -0.3 is 15.0 Å². The summed E-state index contributed by atoms with van der Waals surface area (Å²) in [6, 6.07) is 24.4. The summed E-state index contributed by atoms with van der Waals surface area (Å²) in [5.41, 5.74) is 3.03. The highest BCUT2D eigenvalue weighted by atomic mass is 79.9. The number of nitrogens with one attached hydrogen (secondary N) is 1. The molecule has 0 radical (unpaired) electrons. The summed E-state index contributed by atoms with van der Waals surface area (Å²) < 4.78 is 6.75. The van der Waals surface area contributed by atoms with Gasteiger partial charge in [-0.1, -0.05) is 76.1 Å². The minimum Gasteiger partial charge on any atom is -0.484 e. The molecular weight excluding hydrogens is 492 g/mol. The third-order valence-corrected chi connectivity index (χ3v) is 5.88. The molecule has 0 heterocycles. The van der Waals surface area contributed by atoms with Crippen molar-refractivity contribution in [3.05, 3.63) is 100 Å². The molecule has 2 amide bonds. The first-order valence-electron chi connectivity index (χ1n) is 11.4. The highest BCUT2D eigenvalue weighted by Gasteiger charge is 2.31. The summed E-state index contributed by atoms with van der Waals surface area (Å²) in [6.07, 6.45) is 0.409. The van der Waals surface area contributed by atoms with Crippen molar-refractivity contribution in [3.63, 3.8) is 0 Å². The van der Waals surface area contributed by atoms with Crippen molar-refractivity contribution in [3.8, 4) is 5.75 Å². The number of hydrogen-bond acceptors (Lipinski definition) is 3. The summed E-state index contributed by atoms with van der Waals surface area (Å²) in [5, 5.41) is 2.99. The molecule has 0 spiro atoms. The molecule has 5 nitrogen and oxygen atoms in total. The fourth-order valence-electron chi connectivity index (χ4n) is 3.58. The number of nitrogens with zero attached hydrogens (tertiary/aromatic N) is 1. The van der Waals surface area contributed by atoms with Crippen LogP contribution in [0.15, 0.2) is 83.3 Å². The highest BCUT2D eigenvalue weighted by molar-refractivity contribution is 9.10. The molecule has 6 heteroatoms. The lowest BCUT2D eigenvalue weighted by Crippen LogP contribution is -2.52. The Morgan fingerprint density at radius 1 is 0.912 bits per heavy atom. The second-order valence-electron chi connectivity index (χ2n) is 8.62. The minimum absolute atomic E-state index is 0.0424. The lowest BCUT2D eigenvalue weighted by Gasteiger charge is -2.32. The maximum absolute atomic E-state index is 13.5. The Kier molecular flexibility index (Phi) is 9.28. The van der Waals surface area contributed by atoms with Crippen molar-refractivity contribution in [1.82, 2.24) is 10.2 Å². The number of rotatable bonds is 10. The summed E-state index contributed by atoms with van der Waals surface area (Å²) in [7, 11) is 0. The molecule has 3 rings (SSSR count). The van der Waals surface area contributed by atoms with Crippen LogP contribution in [-0.4, -0.2) is 35.4 Å². The SMILES string of the molecule is Cc1ccc(OCC(=O)N(Cc2ccc(Br)cc2)C(Cc2ccccc2)C(=O)NC(C)C)cc1. The third-order valence-electron chi connectivity index (χ3n) is 5.35. The van der Waals surface area contributed by atoms with Crippen LogP contribution in [0.4, 0.5) is 0 Å². The predicted octanol–water partition coefficient (Wildman–Crippen LogP) is 5.30. The van der Waals surface area contributed by atoms with Crippen LogP contribution in [0.2, 0.25) is 0 Å². The van der Waals surface area contributed by atoms with Gasteiger partial charge in [-0.25, -0.2) is 0 Å². The molecule has 1 atom stereocenters. The van der Waals surface area contributed by atoms with Crippen molar-refractivity contribution in [1.29, 1.82) is 0 Å². The number of hydrogen-bond donors (Lipinski definition) is 1. The number of amides is 2. The van der Waals surface area contributed by atoms with Crippen molar-refractivity contribution >= 4 is 27.7 Å². The molecule has 0 saturated heterocycles. The topological polar surface area (TPSA) is 58.6 Å². The number of ether oxygens (including phenoxy) is 1. The number of carbonyl (C=O) groups is 2. The fourth-order valence-corrected chi connectivity index (χ4v) is 3.85. The van der Waals surface area contributed by atoms with Gasteiger partial charge >= 0.3 is 0 Å². The third kappa shape index (κ3) is 7.73. The van der Waals surface area contributed by atoms with E-state index in [0.717, 1.165) is 21.2 Å². The zero-order chi connectivity index (χ0) is 24.5. The van der Waals surface area contributed by atoms with E-state index in [1.807, 2.05) is 99.6 Å². The predicted molar refractivity (Wildman–Crippen MR) is 139 cm³/mol. The normalized spacial score (nSPS) is 11.7. The average Bonchev–Trinajstić information content (AvgIpc) is 2.82. The fraction of sp³-hybridized carbons (Fsp3) is 0.286. The Morgan fingerprint density at radius 2 is 1.56 bits per heavy atom. The molecule has 0 aliphatic rings. The van der Waals surface area contributed by atoms with Crippen LogP contribution in [0, 0.1) is 6.92 Å². The molecule has 3 aromatic carbocycles. The molecule has 0 aromatic heterocycles. The lowest BCUT2D eigenvalue weighted by molar-refractivity contribution is -0.143. The first-order valence-corrected chi connectivity index (χ1v) is 12.2. The molecule has 1 N–H and O–H groups in total. The zero-order valence-corrected chi connectivity index (χ0v) is 21.4. The average molecular weight is 523 g/mol. The molecule has 3 aromatic rings. The molecule has 0 aliphatic heterocycles. The molecule has 1 unspecified atom stereocenters. The van der Waals surface area contributed by atoms with E-state index >= 15 is 0 Å². The van der Waals surface area contributed by atoms with Crippen LogP contribution in [-0.2, 0) is 22.6 Å². The van der Waals surface area contributed by atoms with Crippen LogP contribution in [0.3, 0.4) is 0 Å². The van der Waals surface area contributed by atoms with Gasteiger partial charge in [-0.05, 0) is 56.2 Å². The van der Waals surface area contributed by atoms with E-state index in [-0.39, 0.29) is 24.5 Å². The van der Waals surface area contributed by atoms with Gasteiger partial charge in [-0.15, -0.1) is 0 Å². The maximum atomic E-state index is 13.5. The van der Waals surface area contributed by atoms with Gasteiger partial charge in [0.1, 0.15) is 11.8 Å². The lowest BCUT2D eigenvalue weighted by atomic mass is 10.0. The number of halogens is 1. The Balaban J connectivity index is 1.89. The second kappa shape index (κ2) is 12.4. The monoisotopic (exact) mass is 522 g/mol. The summed E-state index contributed by atoms with van der Waals surface area (Å²) >= 11 is 3.46. The second-order valence-corrected chi connectivity index (χ2v) is 9.53. The van der Waals surface area contributed by atoms with Crippen LogP contribution >= 0.6 is 15.9 Å². The molecule has 0 aliphatic carbocycles. The van der Waals surface area contributed by atoms with E-state index in [0.29, 0.717) is 18.7 Å². The van der Waals surface area contributed by atoms with Crippen molar-refractivity contribution < 1.29 is 14.3 Å². The molecule has 0 bridgehead atoms. The number of carbonyl (C=O) groups excluding carboxylic acids is 2. The Labute approximate surface area is 210 Å². The first kappa shape index (κ1) is 25.5. The van der Waals surface area contributed by atoms with Crippen LogP contribution in [0.5, 0.6) is 5.75 Å². The molecule has 178 valence electrons. The quantitative estimate of drug-likeness (QED) is 0.393. The summed E-state index contributed by atoms with van der Waals surface area (Å²) in [4.78, 5) is 28.4. The van der Waals surface area contributed by atoms with E-state index in [9.17, 15) is 9.59 Å². The van der Waals surface area contributed by atoms with Crippen LogP contribution in [0.1, 0.15) is 30.5 Å². The number of benzene rings is 3. The highest BCUT2D eigenvalue weighted by Crippen LogP contribution is 2.18. The van der Waals surface area contributed by atoms with E-state index < -0.39 is 6.04 Å². The molecule has 0 fully saturated rings.